The summed E-state index contributed by atoms with van der Waals surface area (Å²) in [6.45, 7) is 1.08. The fourth-order valence-electron chi connectivity index (χ4n) is 2.79. The second kappa shape index (κ2) is 9.98. The molecule has 0 fully saturated rings. The average molecular weight is 414 g/mol. The summed E-state index contributed by atoms with van der Waals surface area (Å²) in [5.41, 5.74) is 2.27. The van der Waals surface area contributed by atoms with Crippen LogP contribution in [0.25, 0.3) is 11.3 Å². The quantitative estimate of drug-likeness (QED) is 0.461. The minimum Gasteiger partial charge on any atom is -0.435 e. The molecule has 2 aromatic carbocycles. The number of nitrogens with zero attached hydrogens (tertiary/aromatic N) is 2. The first kappa shape index (κ1) is 21.4. The number of aliphatic hydroxyl groups is 1. The Morgan fingerprint density at radius 1 is 1.00 bits per heavy atom. The molecule has 0 saturated carbocycles. The summed E-state index contributed by atoms with van der Waals surface area (Å²) >= 11 is 0. The minimum absolute atomic E-state index is 0.0506. The van der Waals surface area contributed by atoms with Gasteiger partial charge in [0, 0.05) is 17.3 Å². The van der Waals surface area contributed by atoms with Gasteiger partial charge in [-0.15, -0.1) is 0 Å². The molecule has 0 unspecified atom stereocenters. The van der Waals surface area contributed by atoms with Crippen LogP contribution in [0.5, 0.6) is 5.75 Å². The highest BCUT2D eigenvalue weighted by Crippen LogP contribution is 2.25. The maximum Gasteiger partial charge on any atom is 0.387 e. The van der Waals surface area contributed by atoms with Crippen molar-refractivity contribution < 1.29 is 18.6 Å². The Morgan fingerprint density at radius 2 is 1.70 bits per heavy atom. The van der Waals surface area contributed by atoms with Crippen LogP contribution in [0.15, 0.2) is 60.7 Å². The summed E-state index contributed by atoms with van der Waals surface area (Å²) in [6.07, 6.45) is 0. The fourth-order valence-corrected chi connectivity index (χ4v) is 2.79. The number of alkyl halides is 2. The Kier molecular flexibility index (Phi) is 7.13. The van der Waals surface area contributed by atoms with Crippen molar-refractivity contribution >= 4 is 17.5 Å². The van der Waals surface area contributed by atoms with Gasteiger partial charge >= 0.3 is 6.61 Å². The summed E-state index contributed by atoms with van der Waals surface area (Å²) in [4.78, 5) is 9.09. The van der Waals surface area contributed by atoms with Crippen LogP contribution in [-0.4, -0.2) is 34.3 Å². The lowest BCUT2D eigenvalue weighted by molar-refractivity contribution is -0.0498. The molecule has 0 amide bonds. The van der Waals surface area contributed by atoms with Crippen molar-refractivity contribution in [3.05, 3.63) is 60.7 Å². The van der Waals surface area contributed by atoms with Crippen molar-refractivity contribution in [2.24, 2.45) is 5.92 Å². The van der Waals surface area contributed by atoms with Gasteiger partial charge in [0.15, 0.2) is 0 Å². The summed E-state index contributed by atoms with van der Waals surface area (Å²) in [5, 5.41) is 16.0. The predicted octanol–water partition coefficient (Wildman–Crippen LogP) is 4.92. The molecule has 1 aromatic heterocycles. The second-order valence-corrected chi connectivity index (χ2v) is 7.03. The van der Waals surface area contributed by atoms with Gasteiger partial charge in [0.25, 0.3) is 0 Å². The van der Waals surface area contributed by atoms with Crippen molar-refractivity contribution in [3.8, 4) is 17.0 Å². The number of aromatic nitrogens is 2. The van der Waals surface area contributed by atoms with Crippen LogP contribution in [0.4, 0.5) is 26.2 Å². The molecule has 3 rings (SSSR count). The van der Waals surface area contributed by atoms with E-state index >= 15 is 0 Å². The van der Waals surface area contributed by atoms with E-state index in [1.54, 1.807) is 18.2 Å². The predicted molar refractivity (Wildman–Crippen MR) is 113 cm³/mol. The first-order chi connectivity index (χ1) is 14.4. The first-order valence-electron chi connectivity index (χ1n) is 9.58. The monoisotopic (exact) mass is 414 g/mol. The van der Waals surface area contributed by atoms with Crippen LogP contribution >= 0.6 is 0 Å². The van der Waals surface area contributed by atoms with Gasteiger partial charge in [0.1, 0.15) is 11.6 Å². The van der Waals surface area contributed by atoms with Gasteiger partial charge in [-0.1, -0.05) is 44.2 Å². The zero-order valence-corrected chi connectivity index (χ0v) is 16.7. The summed E-state index contributed by atoms with van der Waals surface area (Å²) in [6, 6.07) is 17.4. The maximum atomic E-state index is 12.3. The summed E-state index contributed by atoms with van der Waals surface area (Å²) in [7, 11) is 0. The van der Waals surface area contributed by atoms with Crippen molar-refractivity contribution in [1.29, 1.82) is 0 Å². The normalized spacial score (nSPS) is 12.1. The van der Waals surface area contributed by atoms with Crippen LogP contribution in [0, 0.1) is 5.92 Å². The lowest BCUT2D eigenvalue weighted by Crippen LogP contribution is -2.30. The lowest BCUT2D eigenvalue weighted by atomic mass is 10.1. The minimum atomic E-state index is -2.87. The number of anilines is 3. The van der Waals surface area contributed by atoms with E-state index in [9.17, 15) is 13.9 Å². The van der Waals surface area contributed by atoms with Gasteiger partial charge in [-0.05, 0) is 30.2 Å². The first-order valence-corrected chi connectivity index (χ1v) is 9.58. The molecule has 1 atom stereocenters. The number of aliphatic hydroxyl groups excluding tert-OH is 1. The zero-order chi connectivity index (χ0) is 21.5. The SMILES string of the molecule is CC(C)[C@@H](CO)Nc1nc(Nc2ccc(OC(F)F)cc2)cc(-c2ccccc2)n1. The Hall–Kier alpha value is -3.26. The molecule has 30 heavy (non-hydrogen) atoms. The molecule has 6 nitrogen and oxygen atoms in total. The zero-order valence-electron chi connectivity index (χ0n) is 16.7. The number of nitrogens with one attached hydrogen (secondary N) is 2. The highest BCUT2D eigenvalue weighted by molar-refractivity contribution is 5.67. The summed E-state index contributed by atoms with van der Waals surface area (Å²) in [5.74, 6) is 1.16. The molecule has 0 aliphatic rings. The van der Waals surface area contributed by atoms with Crippen molar-refractivity contribution in [3.63, 3.8) is 0 Å². The second-order valence-electron chi connectivity index (χ2n) is 7.03. The van der Waals surface area contributed by atoms with Gasteiger partial charge in [0.2, 0.25) is 5.95 Å². The molecule has 0 aliphatic heterocycles. The number of benzene rings is 2. The Morgan fingerprint density at radius 3 is 2.30 bits per heavy atom. The van der Waals surface area contributed by atoms with E-state index in [1.165, 1.54) is 12.1 Å². The van der Waals surface area contributed by atoms with Gasteiger partial charge in [-0.2, -0.15) is 13.8 Å². The molecular formula is C22H24F2N4O2. The van der Waals surface area contributed by atoms with Gasteiger partial charge in [-0.3, -0.25) is 0 Å². The van der Waals surface area contributed by atoms with E-state index in [0.717, 1.165) is 5.56 Å². The molecular weight excluding hydrogens is 390 g/mol. The number of ether oxygens (including phenoxy) is 1. The molecule has 158 valence electrons. The smallest absolute Gasteiger partial charge is 0.387 e. The molecule has 1 heterocycles. The molecule has 0 saturated heterocycles. The van der Waals surface area contributed by atoms with E-state index in [1.807, 2.05) is 44.2 Å². The van der Waals surface area contributed by atoms with Gasteiger partial charge in [-0.25, -0.2) is 4.98 Å². The molecule has 0 spiro atoms. The van der Waals surface area contributed by atoms with Crippen molar-refractivity contribution in [1.82, 2.24) is 9.97 Å². The Balaban J connectivity index is 1.89. The highest BCUT2D eigenvalue weighted by atomic mass is 19.3. The average Bonchev–Trinajstić information content (AvgIpc) is 2.73. The topological polar surface area (TPSA) is 79.3 Å². The van der Waals surface area contributed by atoms with Crippen LogP contribution < -0.4 is 15.4 Å². The lowest BCUT2D eigenvalue weighted by Gasteiger charge is -2.20. The molecule has 0 bridgehead atoms. The molecule has 3 aromatic rings. The standard InChI is InChI=1S/C22H24F2N4O2/c1-14(2)19(13-29)27-22-26-18(15-6-4-3-5-7-15)12-20(28-22)25-16-8-10-17(11-9-16)30-21(23)24/h3-12,14,19,21,29H,13H2,1-2H3,(H2,25,26,27,28)/t19-/m1/s1. The third kappa shape index (κ3) is 5.87. The number of halogens is 2. The van der Waals surface area contributed by atoms with Crippen molar-refractivity contribution in [2.75, 3.05) is 17.2 Å². The molecule has 0 aliphatic carbocycles. The molecule has 3 N–H and O–H groups in total. The third-order valence-corrected chi connectivity index (χ3v) is 4.46. The Labute approximate surface area is 174 Å². The van der Waals surface area contributed by atoms with E-state index in [-0.39, 0.29) is 24.3 Å². The van der Waals surface area contributed by atoms with E-state index in [2.05, 4.69) is 25.3 Å². The molecule has 0 radical (unpaired) electrons. The molecule has 8 heteroatoms. The number of rotatable bonds is 9. The number of hydrogen-bond acceptors (Lipinski definition) is 6. The maximum absolute atomic E-state index is 12.3. The van der Waals surface area contributed by atoms with E-state index < -0.39 is 6.61 Å². The van der Waals surface area contributed by atoms with Crippen LogP contribution in [0.2, 0.25) is 0 Å². The van der Waals surface area contributed by atoms with Crippen LogP contribution in [0.1, 0.15) is 13.8 Å². The van der Waals surface area contributed by atoms with Gasteiger partial charge < -0.3 is 20.5 Å². The number of hydrogen-bond donors (Lipinski definition) is 3. The highest BCUT2D eigenvalue weighted by Gasteiger charge is 2.15. The van der Waals surface area contributed by atoms with Crippen molar-refractivity contribution in [2.45, 2.75) is 26.5 Å². The summed E-state index contributed by atoms with van der Waals surface area (Å²) < 4.78 is 29.0. The largest absolute Gasteiger partial charge is 0.435 e. The van der Waals surface area contributed by atoms with E-state index in [4.69, 9.17) is 0 Å². The Bertz CT molecular complexity index is 938. The fraction of sp³-hybridized carbons (Fsp3) is 0.273. The van der Waals surface area contributed by atoms with E-state index in [0.29, 0.717) is 23.1 Å². The third-order valence-electron chi connectivity index (χ3n) is 4.46. The van der Waals surface area contributed by atoms with Gasteiger partial charge in [0.05, 0.1) is 18.3 Å². The van der Waals surface area contributed by atoms with Crippen LogP contribution in [0.3, 0.4) is 0 Å². The van der Waals surface area contributed by atoms with Crippen LogP contribution in [-0.2, 0) is 0 Å².